The number of hydrogen-bond donors (Lipinski definition) is 2. The molecule has 1 aromatic rings. The van der Waals surface area contributed by atoms with Crippen LogP contribution in [0.1, 0.15) is 46.0 Å². The number of ether oxygens (including phenoxy) is 2. The Morgan fingerprint density at radius 2 is 2.07 bits per heavy atom. The van der Waals surface area contributed by atoms with Crippen LogP contribution in [0.3, 0.4) is 0 Å². The highest BCUT2D eigenvalue weighted by Gasteiger charge is 2.63. The molecule has 0 radical (unpaired) electrons. The van der Waals surface area contributed by atoms with E-state index in [1.165, 1.54) is 0 Å². The number of pyridine rings is 1. The number of alkyl carbamates (subject to hydrolysis) is 1. The summed E-state index contributed by atoms with van der Waals surface area (Å²) in [5.74, 6) is 0.483. The smallest absolute Gasteiger partial charge is 0.408 e. The minimum atomic E-state index is -0.464. The van der Waals surface area contributed by atoms with Crippen LogP contribution in [-0.2, 0) is 4.74 Å². The zero-order chi connectivity index (χ0) is 19.1. The highest BCUT2D eigenvalue weighted by atomic mass is 16.6. The molecular weight excluding hydrogens is 348 g/mol. The number of fused-ring (bicyclic) bond motifs is 1. The van der Waals surface area contributed by atoms with Crippen LogP contribution in [0.5, 0.6) is 5.88 Å². The molecule has 8 heteroatoms. The standard InChI is InChI=1S/C19H26N4O4/c1-13(2)26-15-12-14(4-9-20-15)21-16(24)23-10-7-19(8-11-23)18(5-3-6-18)22-17(25)27-19/h4,9,12-13H,3,5-8,10-11H2,1-2H3,(H,22,25)(H,20,21,24). The number of hydrogen-bond acceptors (Lipinski definition) is 5. The van der Waals surface area contributed by atoms with Crippen molar-refractivity contribution in [1.29, 1.82) is 0 Å². The van der Waals surface area contributed by atoms with E-state index >= 15 is 0 Å². The Morgan fingerprint density at radius 1 is 1.33 bits per heavy atom. The normalized spacial score (nSPS) is 22.3. The molecule has 1 aromatic heterocycles. The number of carbonyl (C=O) groups is 2. The van der Waals surface area contributed by atoms with Crippen molar-refractivity contribution in [3.05, 3.63) is 18.3 Å². The van der Waals surface area contributed by atoms with Gasteiger partial charge in [0.15, 0.2) is 0 Å². The molecule has 3 fully saturated rings. The molecule has 2 saturated heterocycles. The molecule has 0 atom stereocenters. The van der Waals surface area contributed by atoms with Crippen LogP contribution in [0.15, 0.2) is 18.3 Å². The third kappa shape index (κ3) is 3.17. The molecule has 3 amide bonds. The minimum Gasteiger partial charge on any atom is -0.475 e. The van der Waals surface area contributed by atoms with Gasteiger partial charge < -0.3 is 25.0 Å². The van der Waals surface area contributed by atoms with Gasteiger partial charge in [-0.2, -0.15) is 0 Å². The number of rotatable bonds is 3. The van der Waals surface area contributed by atoms with E-state index in [1.807, 2.05) is 13.8 Å². The van der Waals surface area contributed by atoms with E-state index in [9.17, 15) is 9.59 Å². The van der Waals surface area contributed by atoms with Gasteiger partial charge in [0.05, 0.1) is 11.6 Å². The molecule has 4 rings (SSSR count). The van der Waals surface area contributed by atoms with Gasteiger partial charge in [-0.05, 0) is 39.2 Å². The van der Waals surface area contributed by atoms with Gasteiger partial charge in [-0.25, -0.2) is 14.6 Å². The van der Waals surface area contributed by atoms with Crippen LogP contribution < -0.4 is 15.4 Å². The minimum absolute atomic E-state index is 0.0169. The van der Waals surface area contributed by atoms with E-state index in [4.69, 9.17) is 9.47 Å². The van der Waals surface area contributed by atoms with Crippen molar-refractivity contribution >= 4 is 17.8 Å². The largest absolute Gasteiger partial charge is 0.475 e. The molecule has 2 aliphatic heterocycles. The Hall–Kier alpha value is -2.51. The van der Waals surface area contributed by atoms with Crippen LogP contribution in [0, 0.1) is 0 Å². The lowest BCUT2D eigenvalue weighted by molar-refractivity contribution is -0.0683. The Morgan fingerprint density at radius 3 is 2.70 bits per heavy atom. The Kier molecular flexibility index (Phi) is 4.36. The molecule has 3 heterocycles. The summed E-state index contributed by atoms with van der Waals surface area (Å²) < 4.78 is 11.3. The second-order valence-corrected chi connectivity index (χ2v) is 7.91. The topological polar surface area (TPSA) is 92.8 Å². The Bertz CT molecular complexity index is 739. The fraction of sp³-hybridized carbons (Fsp3) is 0.632. The van der Waals surface area contributed by atoms with E-state index in [-0.39, 0.29) is 23.8 Å². The van der Waals surface area contributed by atoms with Crippen LogP contribution in [-0.4, -0.2) is 52.3 Å². The van der Waals surface area contributed by atoms with E-state index < -0.39 is 5.60 Å². The number of amides is 3. The average Bonchev–Trinajstić information content (AvgIpc) is 2.87. The number of nitrogens with zero attached hydrogens (tertiary/aromatic N) is 2. The van der Waals surface area contributed by atoms with Gasteiger partial charge in [0.25, 0.3) is 0 Å². The Labute approximate surface area is 158 Å². The van der Waals surface area contributed by atoms with Gasteiger partial charge in [-0.1, -0.05) is 0 Å². The highest BCUT2D eigenvalue weighted by Crippen LogP contribution is 2.51. The summed E-state index contributed by atoms with van der Waals surface area (Å²) in [5.41, 5.74) is -0.0371. The van der Waals surface area contributed by atoms with Crippen molar-refractivity contribution in [2.24, 2.45) is 0 Å². The number of aromatic nitrogens is 1. The molecule has 0 aromatic carbocycles. The zero-order valence-corrected chi connectivity index (χ0v) is 15.8. The lowest BCUT2D eigenvalue weighted by atomic mass is 9.62. The van der Waals surface area contributed by atoms with Gasteiger partial charge >= 0.3 is 12.1 Å². The molecule has 27 heavy (non-hydrogen) atoms. The molecule has 1 saturated carbocycles. The predicted octanol–water partition coefficient (Wildman–Crippen LogP) is 2.90. The van der Waals surface area contributed by atoms with Gasteiger partial charge in [0.2, 0.25) is 5.88 Å². The second kappa shape index (κ2) is 6.58. The van der Waals surface area contributed by atoms with Crippen LogP contribution >= 0.6 is 0 Å². The van der Waals surface area contributed by atoms with E-state index in [2.05, 4.69) is 15.6 Å². The molecule has 1 aliphatic carbocycles. The predicted molar refractivity (Wildman–Crippen MR) is 98.8 cm³/mol. The quantitative estimate of drug-likeness (QED) is 0.849. The first-order chi connectivity index (χ1) is 12.9. The van der Waals surface area contributed by atoms with Gasteiger partial charge in [0, 0.05) is 43.9 Å². The number of nitrogens with one attached hydrogen (secondary N) is 2. The van der Waals surface area contributed by atoms with E-state index in [0.29, 0.717) is 37.5 Å². The van der Waals surface area contributed by atoms with Crippen molar-refractivity contribution in [1.82, 2.24) is 15.2 Å². The summed E-state index contributed by atoms with van der Waals surface area (Å²) in [6.45, 7) is 4.97. The van der Waals surface area contributed by atoms with Crippen LogP contribution in [0.25, 0.3) is 0 Å². The SMILES string of the molecule is CC(C)Oc1cc(NC(=O)N2CCC3(CC2)OC(=O)NC32CCC2)ccn1. The van der Waals surface area contributed by atoms with Crippen molar-refractivity contribution in [2.75, 3.05) is 18.4 Å². The maximum atomic E-state index is 12.6. The summed E-state index contributed by atoms with van der Waals surface area (Å²) >= 11 is 0. The summed E-state index contributed by atoms with van der Waals surface area (Å²) in [4.78, 5) is 30.4. The van der Waals surface area contributed by atoms with Gasteiger partial charge in [-0.3, -0.25) is 0 Å². The maximum Gasteiger partial charge on any atom is 0.408 e. The van der Waals surface area contributed by atoms with Crippen molar-refractivity contribution in [2.45, 2.75) is 63.2 Å². The van der Waals surface area contributed by atoms with Gasteiger partial charge in [-0.15, -0.1) is 0 Å². The molecule has 146 valence electrons. The first-order valence-corrected chi connectivity index (χ1v) is 9.61. The highest BCUT2D eigenvalue weighted by molar-refractivity contribution is 5.89. The van der Waals surface area contributed by atoms with E-state index in [1.54, 1.807) is 23.2 Å². The number of anilines is 1. The summed E-state index contributed by atoms with van der Waals surface area (Å²) in [6.07, 6.45) is 5.67. The molecule has 3 aliphatic rings. The monoisotopic (exact) mass is 374 g/mol. The lowest BCUT2D eigenvalue weighted by Crippen LogP contribution is -2.65. The summed E-state index contributed by atoms with van der Waals surface area (Å²) in [5, 5.41) is 5.94. The fourth-order valence-corrected chi connectivity index (χ4v) is 4.37. The van der Waals surface area contributed by atoms with Crippen LogP contribution in [0.4, 0.5) is 15.3 Å². The summed E-state index contributed by atoms with van der Waals surface area (Å²) in [7, 11) is 0. The first-order valence-electron chi connectivity index (χ1n) is 9.61. The fourth-order valence-electron chi connectivity index (χ4n) is 4.37. The van der Waals surface area contributed by atoms with Crippen molar-refractivity contribution in [3.8, 4) is 5.88 Å². The maximum absolute atomic E-state index is 12.6. The first kappa shape index (κ1) is 17.9. The van der Waals surface area contributed by atoms with Crippen molar-refractivity contribution < 1.29 is 19.1 Å². The Balaban J connectivity index is 1.37. The number of likely N-dealkylation sites (tertiary alicyclic amines) is 1. The molecule has 8 nitrogen and oxygen atoms in total. The molecule has 2 spiro atoms. The number of urea groups is 1. The molecule has 2 N–H and O–H groups in total. The lowest BCUT2D eigenvalue weighted by Gasteiger charge is -2.51. The molecular formula is C19H26N4O4. The molecule has 0 bridgehead atoms. The molecule has 0 unspecified atom stereocenters. The third-order valence-corrected chi connectivity index (χ3v) is 5.91. The summed E-state index contributed by atoms with van der Waals surface area (Å²) in [6, 6.07) is 3.30. The van der Waals surface area contributed by atoms with Gasteiger partial charge in [0.1, 0.15) is 5.60 Å². The number of carbonyl (C=O) groups excluding carboxylic acids is 2. The average molecular weight is 374 g/mol. The van der Waals surface area contributed by atoms with E-state index in [0.717, 1.165) is 19.3 Å². The van der Waals surface area contributed by atoms with Crippen LogP contribution in [0.2, 0.25) is 0 Å². The third-order valence-electron chi connectivity index (χ3n) is 5.91. The van der Waals surface area contributed by atoms with Crippen molar-refractivity contribution in [3.63, 3.8) is 0 Å². The second-order valence-electron chi connectivity index (χ2n) is 7.91. The number of piperidine rings is 1. The zero-order valence-electron chi connectivity index (χ0n) is 15.8.